The lowest BCUT2D eigenvalue weighted by Crippen LogP contribution is -2.57. The van der Waals surface area contributed by atoms with Crippen molar-refractivity contribution < 1.29 is 23.3 Å². The zero-order valence-corrected chi connectivity index (χ0v) is 19.6. The molecule has 5 rings (SSSR count). The van der Waals surface area contributed by atoms with E-state index in [4.69, 9.17) is 4.74 Å². The van der Waals surface area contributed by atoms with E-state index in [-0.39, 0.29) is 23.8 Å². The second kappa shape index (κ2) is 8.24. The molecule has 2 saturated heterocycles. The smallest absolute Gasteiger partial charge is 0.260 e. The molecule has 1 aromatic heterocycles. The van der Waals surface area contributed by atoms with Crippen LogP contribution in [0.2, 0.25) is 0 Å². The summed E-state index contributed by atoms with van der Waals surface area (Å²) in [5.74, 6) is 0.334. The molecule has 3 aliphatic rings. The van der Waals surface area contributed by atoms with Crippen molar-refractivity contribution >= 4 is 16.6 Å². The molecule has 3 heterocycles. The van der Waals surface area contributed by atoms with Gasteiger partial charge < -0.3 is 9.84 Å². The topological polar surface area (TPSA) is 105 Å². The minimum absolute atomic E-state index is 0.0544. The third kappa shape index (κ3) is 4.24. The third-order valence-electron chi connectivity index (χ3n) is 6.75. The number of aromatic nitrogens is 2. The maximum absolute atomic E-state index is 14.0. The summed E-state index contributed by atoms with van der Waals surface area (Å²) < 4.78 is 44.9. The Labute approximate surface area is 194 Å². The van der Waals surface area contributed by atoms with Crippen LogP contribution in [0.5, 0.6) is 11.6 Å². The number of nitrogens with zero attached hydrogens (tertiary/aromatic N) is 5. The van der Waals surface area contributed by atoms with Crippen molar-refractivity contribution in [2.75, 3.05) is 24.4 Å². The molecular formula is C22H30FN5O4S. The number of hydrogen-bond donors (Lipinski definition) is 3. The third-order valence-corrected chi connectivity index (χ3v) is 8.80. The molecule has 2 aliphatic heterocycles. The lowest BCUT2D eigenvalue weighted by atomic mass is 9.83. The van der Waals surface area contributed by atoms with Gasteiger partial charge in [0.2, 0.25) is 0 Å². The Morgan fingerprint density at radius 2 is 2.09 bits per heavy atom. The molecule has 1 spiro atoms. The van der Waals surface area contributed by atoms with Gasteiger partial charge in [0.1, 0.15) is 17.7 Å². The summed E-state index contributed by atoms with van der Waals surface area (Å²) in [6, 6.07) is 6.11. The second-order valence-electron chi connectivity index (χ2n) is 9.34. The summed E-state index contributed by atoms with van der Waals surface area (Å²) in [5, 5.41) is 9.99. The average molecular weight is 480 g/mol. The molecule has 3 N–H and O–H groups in total. The number of likely N-dealkylation sites (N-methyl/N-ethyl adjacent to an activating group) is 1. The lowest BCUT2D eigenvalue weighted by molar-refractivity contribution is 0.0974. The largest absolute Gasteiger partial charge is 0.502 e. The average Bonchev–Trinajstić information content (AvgIpc) is 3.53. The first-order chi connectivity index (χ1) is 15.7. The van der Waals surface area contributed by atoms with Gasteiger partial charge in [-0.1, -0.05) is 17.0 Å². The number of aromatic hydroxyl groups is 1. The van der Waals surface area contributed by atoms with Crippen LogP contribution in [-0.2, 0) is 6.54 Å². The fraction of sp³-hybridized carbons (Fsp3) is 0.545. The van der Waals surface area contributed by atoms with Crippen molar-refractivity contribution in [3.8, 4) is 11.6 Å². The number of anilines is 1. The zero-order chi connectivity index (χ0) is 23.4. The van der Waals surface area contributed by atoms with Gasteiger partial charge in [-0.15, -0.1) is 0 Å². The van der Waals surface area contributed by atoms with E-state index in [1.165, 1.54) is 18.3 Å². The zero-order valence-electron chi connectivity index (χ0n) is 18.8. The summed E-state index contributed by atoms with van der Waals surface area (Å²) in [6.45, 7) is 3.74. The summed E-state index contributed by atoms with van der Waals surface area (Å²) in [7, 11) is -1.55. The van der Waals surface area contributed by atoms with Gasteiger partial charge >= 0.3 is 0 Å². The normalized spacial score (nSPS) is 28.9. The number of piperidine rings is 1. The molecule has 1 saturated carbocycles. The predicted molar refractivity (Wildman–Crippen MR) is 124 cm³/mol. The predicted octanol–water partition coefficient (Wildman–Crippen LogP) is 3.62. The molecule has 33 heavy (non-hydrogen) atoms. The quantitative estimate of drug-likeness (QED) is 0.593. The number of rotatable bonds is 5. The van der Waals surface area contributed by atoms with Crippen LogP contribution in [-0.4, -0.2) is 71.2 Å². The molecule has 11 heteroatoms. The number of ether oxygens (including phenoxy) is 1. The van der Waals surface area contributed by atoms with Crippen LogP contribution in [0.4, 0.5) is 10.1 Å². The Balaban J connectivity index is 1.35. The van der Waals surface area contributed by atoms with Crippen LogP contribution in [0.3, 0.4) is 0 Å². The first kappa shape index (κ1) is 22.6. The fourth-order valence-corrected chi connectivity index (χ4v) is 6.81. The summed E-state index contributed by atoms with van der Waals surface area (Å²) in [4.78, 5) is 10.9. The van der Waals surface area contributed by atoms with Crippen LogP contribution in [0.1, 0.15) is 38.4 Å². The molecule has 0 unspecified atom stereocenters. The van der Waals surface area contributed by atoms with Gasteiger partial charge in [0.05, 0.1) is 24.0 Å². The highest BCUT2D eigenvalue weighted by molar-refractivity contribution is 8.23. The number of hydrogen-bond acceptors (Lipinski definition) is 9. The van der Waals surface area contributed by atoms with Gasteiger partial charge in [0, 0.05) is 26.2 Å². The molecule has 0 radical (unpaired) electrons. The molecule has 9 nitrogen and oxygen atoms in total. The highest BCUT2D eigenvalue weighted by Crippen LogP contribution is 2.61. The van der Waals surface area contributed by atoms with Crippen LogP contribution < -0.4 is 9.04 Å². The Bertz CT molecular complexity index is 1040. The van der Waals surface area contributed by atoms with E-state index in [1.54, 1.807) is 27.8 Å². The van der Waals surface area contributed by atoms with Crippen LogP contribution in [0.15, 0.2) is 30.5 Å². The standard InChI is InChI=1S/C22H30FN5O4S/c1-15-11-22(14-26(2)33(30,31)28(22)17-5-3-4-16(23)10-17)8-9-27(15)13-20-24-12-19(29)21(25-20)32-18-6-7-18/h3-5,10,12,15,18,29-31H,6-9,11,13-14H2,1-2H3/t15-,22+/m0/s1. The summed E-state index contributed by atoms with van der Waals surface area (Å²) >= 11 is 0. The molecule has 1 aliphatic carbocycles. The highest BCUT2D eigenvalue weighted by atomic mass is 32.3. The first-order valence-corrected chi connectivity index (χ1v) is 12.6. The van der Waals surface area contributed by atoms with E-state index < -0.39 is 22.3 Å². The van der Waals surface area contributed by atoms with E-state index in [1.807, 2.05) is 0 Å². The van der Waals surface area contributed by atoms with Crippen molar-refractivity contribution in [2.45, 2.75) is 56.8 Å². The van der Waals surface area contributed by atoms with E-state index in [2.05, 4.69) is 21.8 Å². The summed E-state index contributed by atoms with van der Waals surface area (Å²) in [5.41, 5.74) is -0.0587. The van der Waals surface area contributed by atoms with Crippen LogP contribution >= 0.6 is 11.0 Å². The first-order valence-electron chi connectivity index (χ1n) is 11.2. The minimum Gasteiger partial charge on any atom is -0.502 e. The molecule has 3 fully saturated rings. The minimum atomic E-state index is -3.25. The highest BCUT2D eigenvalue weighted by Gasteiger charge is 2.55. The molecule has 1 aromatic carbocycles. The van der Waals surface area contributed by atoms with E-state index >= 15 is 0 Å². The number of likely N-dealkylation sites (tertiary alicyclic amines) is 1. The van der Waals surface area contributed by atoms with Gasteiger partial charge in [-0.3, -0.25) is 18.3 Å². The van der Waals surface area contributed by atoms with Gasteiger partial charge in [-0.05, 0) is 50.8 Å². The Kier molecular flexibility index (Phi) is 5.65. The number of benzene rings is 1. The van der Waals surface area contributed by atoms with Crippen LogP contribution in [0, 0.1) is 5.82 Å². The van der Waals surface area contributed by atoms with Crippen molar-refractivity contribution in [3.63, 3.8) is 0 Å². The fourth-order valence-electron chi connectivity index (χ4n) is 4.98. The number of halogens is 1. The van der Waals surface area contributed by atoms with E-state index in [0.717, 1.165) is 12.8 Å². The lowest BCUT2D eigenvalue weighted by Gasteiger charge is -2.51. The molecular weight excluding hydrogens is 449 g/mol. The van der Waals surface area contributed by atoms with Gasteiger partial charge in [-0.25, -0.2) is 9.37 Å². The molecule has 2 aromatic rings. The second-order valence-corrected chi connectivity index (χ2v) is 11.3. The molecule has 0 bridgehead atoms. The van der Waals surface area contributed by atoms with Gasteiger partial charge in [0.15, 0.2) is 5.75 Å². The van der Waals surface area contributed by atoms with E-state index in [0.29, 0.717) is 44.0 Å². The van der Waals surface area contributed by atoms with E-state index in [9.17, 15) is 18.6 Å². The molecule has 180 valence electrons. The maximum atomic E-state index is 14.0. The molecule has 2 atom stereocenters. The van der Waals surface area contributed by atoms with Crippen molar-refractivity contribution in [2.24, 2.45) is 0 Å². The molecule has 0 amide bonds. The van der Waals surface area contributed by atoms with Crippen molar-refractivity contribution in [1.82, 2.24) is 19.2 Å². The Morgan fingerprint density at radius 1 is 1.30 bits per heavy atom. The SMILES string of the molecule is C[C@H]1C[C@]2(CCN1Cc1ncc(O)c(OC3CC3)n1)CN(C)S(O)(O)N2c1cccc(F)c1. The summed E-state index contributed by atoms with van der Waals surface area (Å²) in [6.07, 6.45) is 4.77. The van der Waals surface area contributed by atoms with Gasteiger partial charge in [0.25, 0.3) is 5.88 Å². The van der Waals surface area contributed by atoms with Gasteiger partial charge in [-0.2, -0.15) is 9.29 Å². The Hall–Kier alpha value is -2.18. The monoisotopic (exact) mass is 479 g/mol. The maximum Gasteiger partial charge on any atom is 0.260 e. The van der Waals surface area contributed by atoms with Crippen molar-refractivity contribution in [3.05, 3.63) is 42.1 Å². The Morgan fingerprint density at radius 3 is 2.79 bits per heavy atom. The van der Waals surface area contributed by atoms with Crippen LogP contribution in [0.25, 0.3) is 0 Å². The van der Waals surface area contributed by atoms with Crippen molar-refractivity contribution in [1.29, 1.82) is 0 Å².